The van der Waals surface area contributed by atoms with Crippen LogP contribution in [-0.2, 0) is 13.0 Å². The van der Waals surface area contributed by atoms with Gasteiger partial charge in [0.1, 0.15) is 23.4 Å². The van der Waals surface area contributed by atoms with Gasteiger partial charge in [0.15, 0.2) is 0 Å². The van der Waals surface area contributed by atoms with Crippen LogP contribution in [0.25, 0.3) is 0 Å². The van der Waals surface area contributed by atoms with Gasteiger partial charge in [-0.25, -0.2) is 4.98 Å². The van der Waals surface area contributed by atoms with E-state index in [4.69, 9.17) is 15.2 Å². The van der Waals surface area contributed by atoms with Crippen LogP contribution >= 0.6 is 0 Å². The fourth-order valence-electron chi connectivity index (χ4n) is 2.83. The SMILES string of the molecule is CCOc1cc2c(cc1CNc1ncccc1C(N)=O)O[C@H](C)C2. The lowest BCUT2D eigenvalue weighted by Gasteiger charge is -2.14. The first-order valence-electron chi connectivity index (χ1n) is 8.02. The first-order valence-corrected chi connectivity index (χ1v) is 8.02. The van der Waals surface area contributed by atoms with Gasteiger partial charge >= 0.3 is 0 Å². The first kappa shape index (κ1) is 16.1. The third kappa shape index (κ3) is 3.27. The van der Waals surface area contributed by atoms with Crippen LogP contribution in [0.4, 0.5) is 5.82 Å². The van der Waals surface area contributed by atoms with Crippen LogP contribution in [0.15, 0.2) is 30.5 Å². The zero-order chi connectivity index (χ0) is 17.1. The maximum Gasteiger partial charge on any atom is 0.252 e. The number of aromatic nitrogens is 1. The lowest BCUT2D eigenvalue weighted by Crippen LogP contribution is -2.15. The number of fused-ring (bicyclic) bond motifs is 1. The maximum absolute atomic E-state index is 11.5. The molecule has 1 aliphatic heterocycles. The van der Waals surface area contributed by atoms with E-state index in [0.29, 0.717) is 24.5 Å². The van der Waals surface area contributed by atoms with Crippen molar-refractivity contribution in [3.8, 4) is 11.5 Å². The third-order valence-corrected chi connectivity index (χ3v) is 3.90. The molecule has 0 fully saturated rings. The van der Waals surface area contributed by atoms with Crippen LogP contribution in [0.5, 0.6) is 11.5 Å². The number of nitrogens with one attached hydrogen (secondary N) is 1. The summed E-state index contributed by atoms with van der Waals surface area (Å²) >= 11 is 0. The average Bonchev–Trinajstić information content (AvgIpc) is 2.92. The molecule has 6 nitrogen and oxygen atoms in total. The third-order valence-electron chi connectivity index (χ3n) is 3.90. The van der Waals surface area contributed by atoms with Gasteiger partial charge < -0.3 is 20.5 Å². The summed E-state index contributed by atoms with van der Waals surface area (Å²) in [5, 5.41) is 3.16. The molecule has 0 aliphatic carbocycles. The van der Waals surface area contributed by atoms with E-state index < -0.39 is 5.91 Å². The second-order valence-corrected chi connectivity index (χ2v) is 5.75. The number of primary amides is 1. The van der Waals surface area contributed by atoms with Gasteiger partial charge in [0.2, 0.25) is 0 Å². The highest BCUT2D eigenvalue weighted by Gasteiger charge is 2.22. The smallest absolute Gasteiger partial charge is 0.252 e. The minimum Gasteiger partial charge on any atom is -0.494 e. The molecule has 3 rings (SSSR count). The van der Waals surface area contributed by atoms with E-state index in [-0.39, 0.29) is 6.10 Å². The maximum atomic E-state index is 11.5. The summed E-state index contributed by atoms with van der Waals surface area (Å²) in [6, 6.07) is 7.35. The van der Waals surface area contributed by atoms with Gasteiger partial charge in [-0.3, -0.25) is 4.79 Å². The van der Waals surface area contributed by atoms with Crippen LogP contribution in [0.3, 0.4) is 0 Å². The van der Waals surface area contributed by atoms with Gasteiger partial charge in [-0.05, 0) is 38.1 Å². The number of carbonyl (C=O) groups is 1. The average molecular weight is 327 g/mol. The molecule has 0 spiro atoms. The van der Waals surface area contributed by atoms with E-state index in [1.165, 1.54) is 0 Å². The van der Waals surface area contributed by atoms with Gasteiger partial charge in [0, 0.05) is 30.3 Å². The lowest BCUT2D eigenvalue weighted by molar-refractivity contribution is 0.100. The molecule has 1 aliphatic rings. The number of hydrogen-bond acceptors (Lipinski definition) is 5. The first-order chi connectivity index (χ1) is 11.6. The number of anilines is 1. The predicted octanol–water partition coefficient (Wildman–Crippen LogP) is 2.51. The van der Waals surface area contributed by atoms with Crippen LogP contribution < -0.4 is 20.5 Å². The van der Waals surface area contributed by atoms with E-state index in [0.717, 1.165) is 29.0 Å². The Morgan fingerprint density at radius 3 is 3.08 bits per heavy atom. The van der Waals surface area contributed by atoms with E-state index in [1.807, 2.05) is 26.0 Å². The Morgan fingerprint density at radius 2 is 2.33 bits per heavy atom. The highest BCUT2D eigenvalue weighted by molar-refractivity contribution is 5.97. The van der Waals surface area contributed by atoms with E-state index in [2.05, 4.69) is 10.3 Å². The standard InChI is InChI=1S/C18H21N3O3/c1-3-23-15-8-12-7-11(2)24-16(12)9-13(15)10-21-18-14(17(19)22)5-4-6-20-18/h4-6,8-9,11H,3,7,10H2,1-2H3,(H2,19,22)(H,20,21)/t11-/m1/s1. The molecular weight excluding hydrogens is 306 g/mol. The Labute approximate surface area is 141 Å². The Kier molecular flexibility index (Phi) is 4.55. The molecule has 1 aromatic carbocycles. The van der Waals surface area contributed by atoms with Crippen molar-refractivity contribution in [2.24, 2.45) is 5.73 Å². The molecular formula is C18H21N3O3. The molecule has 0 saturated carbocycles. The summed E-state index contributed by atoms with van der Waals surface area (Å²) in [7, 11) is 0. The van der Waals surface area contributed by atoms with Gasteiger partial charge in [0.05, 0.1) is 12.2 Å². The Bertz CT molecular complexity index is 761. The van der Waals surface area contributed by atoms with Crippen molar-refractivity contribution in [1.82, 2.24) is 4.98 Å². The number of benzene rings is 1. The summed E-state index contributed by atoms with van der Waals surface area (Å²) in [5.41, 5.74) is 7.86. The number of carbonyl (C=O) groups excluding carboxylic acids is 1. The molecule has 2 aromatic rings. The van der Waals surface area contributed by atoms with Crippen molar-refractivity contribution < 1.29 is 14.3 Å². The largest absolute Gasteiger partial charge is 0.494 e. The summed E-state index contributed by atoms with van der Waals surface area (Å²) < 4.78 is 11.6. The van der Waals surface area contributed by atoms with E-state index in [9.17, 15) is 4.79 Å². The van der Waals surface area contributed by atoms with E-state index >= 15 is 0 Å². The number of pyridine rings is 1. The van der Waals surface area contributed by atoms with Gasteiger partial charge in [-0.1, -0.05) is 0 Å². The van der Waals surface area contributed by atoms with Crippen molar-refractivity contribution in [3.05, 3.63) is 47.2 Å². The topological polar surface area (TPSA) is 86.5 Å². The number of amides is 1. The number of nitrogens with zero attached hydrogens (tertiary/aromatic N) is 1. The molecule has 6 heteroatoms. The van der Waals surface area contributed by atoms with Crippen LogP contribution in [0, 0.1) is 0 Å². The Balaban J connectivity index is 1.85. The lowest BCUT2D eigenvalue weighted by atomic mass is 10.1. The second kappa shape index (κ2) is 6.78. The number of rotatable bonds is 6. The summed E-state index contributed by atoms with van der Waals surface area (Å²) in [6.45, 7) is 5.04. The Hall–Kier alpha value is -2.76. The monoisotopic (exact) mass is 327 g/mol. The fraction of sp³-hybridized carbons (Fsp3) is 0.333. The van der Waals surface area contributed by atoms with Crippen molar-refractivity contribution >= 4 is 11.7 Å². The van der Waals surface area contributed by atoms with Gasteiger partial charge in [0.25, 0.3) is 5.91 Å². The second-order valence-electron chi connectivity index (χ2n) is 5.75. The summed E-state index contributed by atoms with van der Waals surface area (Å²) in [5.74, 6) is 1.65. The molecule has 3 N–H and O–H groups in total. The molecule has 0 bridgehead atoms. The van der Waals surface area contributed by atoms with Crippen LogP contribution in [0.2, 0.25) is 0 Å². The van der Waals surface area contributed by atoms with Gasteiger partial charge in [-0.15, -0.1) is 0 Å². The van der Waals surface area contributed by atoms with Crippen LogP contribution in [0.1, 0.15) is 35.3 Å². The number of ether oxygens (including phenoxy) is 2. The zero-order valence-corrected chi connectivity index (χ0v) is 13.8. The number of nitrogens with two attached hydrogens (primary N) is 1. The molecule has 126 valence electrons. The quantitative estimate of drug-likeness (QED) is 0.851. The minimum atomic E-state index is -0.512. The molecule has 0 radical (unpaired) electrons. The molecule has 2 heterocycles. The number of hydrogen-bond donors (Lipinski definition) is 2. The van der Waals surface area contributed by atoms with Crippen LogP contribution in [-0.4, -0.2) is 23.6 Å². The minimum absolute atomic E-state index is 0.176. The fourth-order valence-corrected chi connectivity index (χ4v) is 2.83. The van der Waals surface area contributed by atoms with E-state index in [1.54, 1.807) is 18.3 Å². The van der Waals surface area contributed by atoms with Crippen molar-refractivity contribution in [1.29, 1.82) is 0 Å². The van der Waals surface area contributed by atoms with Crippen molar-refractivity contribution in [2.45, 2.75) is 32.9 Å². The van der Waals surface area contributed by atoms with Gasteiger partial charge in [-0.2, -0.15) is 0 Å². The van der Waals surface area contributed by atoms with Crippen molar-refractivity contribution in [3.63, 3.8) is 0 Å². The zero-order valence-electron chi connectivity index (χ0n) is 13.8. The highest BCUT2D eigenvalue weighted by Crippen LogP contribution is 2.35. The Morgan fingerprint density at radius 1 is 1.50 bits per heavy atom. The van der Waals surface area contributed by atoms with Crippen molar-refractivity contribution in [2.75, 3.05) is 11.9 Å². The summed E-state index contributed by atoms with van der Waals surface area (Å²) in [4.78, 5) is 15.7. The molecule has 24 heavy (non-hydrogen) atoms. The highest BCUT2D eigenvalue weighted by atomic mass is 16.5. The molecule has 1 amide bonds. The molecule has 0 unspecified atom stereocenters. The molecule has 1 atom stereocenters. The summed E-state index contributed by atoms with van der Waals surface area (Å²) in [6.07, 6.45) is 2.68. The normalized spacial score (nSPS) is 15.5. The predicted molar refractivity (Wildman–Crippen MR) is 91.5 cm³/mol. The molecule has 0 saturated heterocycles. The molecule has 1 aromatic heterocycles.